The van der Waals surface area contributed by atoms with Crippen LogP contribution >= 0.6 is 0 Å². The number of nitrogens with zero attached hydrogens (tertiary/aromatic N) is 2. The first-order valence-corrected chi connectivity index (χ1v) is 3.64. The van der Waals surface area contributed by atoms with Crippen LogP contribution in [0.25, 0.3) is 5.57 Å². The van der Waals surface area contributed by atoms with Gasteiger partial charge in [0.25, 0.3) is 0 Å². The fourth-order valence-electron chi connectivity index (χ4n) is 1.17. The SMILES string of the molecule is C1=C(c2cncnc2)CCN1. The average Bonchev–Trinajstić information content (AvgIpc) is 2.58. The average molecular weight is 147 g/mol. The van der Waals surface area contributed by atoms with Crippen molar-refractivity contribution in [2.24, 2.45) is 0 Å². The van der Waals surface area contributed by atoms with E-state index in [2.05, 4.69) is 15.3 Å². The van der Waals surface area contributed by atoms with Crippen LogP contribution in [0.2, 0.25) is 0 Å². The largest absolute Gasteiger partial charge is 0.390 e. The zero-order valence-corrected chi connectivity index (χ0v) is 6.12. The minimum Gasteiger partial charge on any atom is -0.390 e. The van der Waals surface area contributed by atoms with E-state index in [0.717, 1.165) is 18.5 Å². The van der Waals surface area contributed by atoms with Crippen LogP contribution in [-0.2, 0) is 0 Å². The van der Waals surface area contributed by atoms with Crippen molar-refractivity contribution in [3.8, 4) is 0 Å². The smallest absolute Gasteiger partial charge is 0.115 e. The van der Waals surface area contributed by atoms with E-state index in [4.69, 9.17) is 0 Å². The molecular formula is C8H9N3. The molecule has 0 fully saturated rings. The third-order valence-corrected chi connectivity index (χ3v) is 1.75. The Bertz CT molecular complexity index is 266. The first-order chi connectivity index (χ1) is 5.47. The van der Waals surface area contributed by atoms with Crippen LogP contribution in [0.5, 0.6) is 0 Å². The minimum atomic E-state index is 1.03. The second kappa shape index (κ2) is 2.70. The van der Waals surface area contributed by atoms with Crippen LogP contribution in [0, 0.1) is 0 Å². The molecule has 2 heterocycles. The number of aromatic nitrogens is 2. The lowest BCUT2D eigenvalue weighted by Gasteiger charge is -1.96. The summed E-state index contributed by atoms with van der Waals surface area (Å²) in [5, 5.41) is 3.15. The molecule has 1 N–H and O–H groups in total. The number of rotatable bonds is 1. The molecule has 3 heteroatoms. The highest BCUT2D eigenvalue weighted by Gasteiger charge is 2.05. The van der Waals surface area contributed by atoms with Crippen molar-refractivity contribution in [3.05, 3.63) is 30.5 Å². The lowest BCUT2D eigenvalue weighted by atomic mass is 10.1. The molecule has 1 aliphatic rings. The summed E-state index contributed by atoms with van der Waals surface area (Å²) >= 11 is 0. The van der Waals surface area contributed by atoms with Crippen molar-refractivity contribution in [1.29, 1.82) is 0 Å². The molecule has 0 aliphatic carbocycles. The Kier molecular flexibility index (Phi) is 1.55. The van der Waals surface area contributed by atoms with Crippen molar-refractivity contribution in [1.82, 2.24) is 15.3 Å². The van der Waals surface area contributed by atoms with Crippen LogP contribution in [0.15, 0.2) is 24.9 Å². The third-order valence-electron chi connectivity index (χ3n) is 1.75. The van der Waals surface area contributed by atoms with Gasteiger partial charge in [0, 0.05) is 30.7 Å². The summed E-state index contributed by atoms with van der Waals surface area (Å²) < 4.78 is 0. The molecule has 11 heavy (non-hydrogen) atoms. The number of hydrogen-bond acceptors (Lipinski definition) is 3. The van der Waals surface area contributed by atoms with Gasteiger partial charge in [-0.3, -0.25) is 0 Å². The fraction of sp³-hybridized carbons (Fsp3) is 0.250. The van der Waals surface area contributed by atoms with Gasteiger partial charge in [-0.05, 0) is 12.0 Å². The molecule has 0 unspecified atom stereocenters. The second-order valence-electron chi connectivity index (χ2n) is 2.50. The fourth-order valence-corrected chi connectivity index (χ4v) is 1.17. The lowest BCUT2D eigenvalue weighted by Crippen LogP contribution is -1.96. The van der Waals surface area contributed by atoms with Gasteiger partial charge in [0.2, 0.25) is 0 Å². The summed E-state index contributed by atoms with van der Waals surface area (Å²) in [5.41, 5.74) is 2.42. The molecule has 0 radical (unpaired) electrons. The summed E-state index contributed by atoms with van der Waals surface area (Å²) in [6.07, 6.45) is 8.33. The van der Waals surface area contributed by atoms with E-state index in [9.17, 15) is 0 Å². The lowest BCUT2D eigenvalue weighted by molar-refractivity contribution is 0.919. The van der Waals surface area contributed by atoms with Crippen LogP contribution in [0.3, 0.4) is 0 Å². The van der Waals surface area contributed by atoms with Gasteiger partial charge < -0.3 is 5.32 Å². The summed E-state index contributed by atoms with van der Waals surface area (Å²) in [5.74, 6) is 0. The van der Waals surface area contributed by atoms with Crippen molar-refractivity contribution in [3.63, 3.8) is 0 Å². The van der Waals surface area contributed by atoms with Gasteiger partial charge in [0.15, 0.2) is 0 Å². The highest BCUT2D eigenvalue weighted by molar-refractivity contribution is 5.65. The molecule has 0 aromatic carbocycles. The standard InChI is InChI=1S/C8H9N3/c1-2-9-3-7(1)8-4-10-6-11-5-8/h3-6,9H,1-2H2. The summed E-state index contributed by atoms with van der Waals surface area (Å²) in [6.45, 7) is 1.03. The molecule has 1 aliphatic heterocycles. The normalized spacial score (nSPS) is 15.8. The predicted molar refractivity (Wildman–Crippen MR) is 42.6 cm³/mol. The Balaban J connectivity index is 2.29. The van der Waals surface area contributed by atoms with E-state index in [1.54, 1.807) is 6.33 Å². The third kappa shape index (κ3) is 1.22. The first kappa shape index (κ1) is 6.34. The molecule has 2 rings (SSSR count). The quantitative estimate of drug-likeness (QED) is 0.638. The molecule has 0 bridgehead atoms. The zero-order valence-electron chi connectivity index (χ0n) is 6.12. The van der Waals surface area contributed by atoms with Crippen molar-refractivity contribution in [2.75, 3.05) is 6.54 Å². The number of nitrogens with one attached hydrogen (secondary N) is 1. The summed E-state index contributed by atoms with van der Waals surface area (Å²) in [6, 6.07) is 0. The Morgan fingerprint density at radius 3 is 2.73 bits per heavy atom. The molecule has 0 saturated heterocycles. The van der Waals surface area contributed by atoms with Crippen molar-refractivity contribution < 1.29 is 0 Å². The molecule has 0 atom stereocenters. The van der Waals surface area contributed by atoms with Crippen LogP contribution in [0.1, 0.15) is 12.0 Å². The van der Waals surface area contributed by atoms with Crippen molar-refractivity contribution in [2.45, 2.75) is 6.42 Å². The van der Waals surface area contributed by atoms with E-state index in [0.29, 0.717) is 0 Å². The molecule has 3 nitrogen and oxygen atoms in total. The highest BCUT2D eigenvalue weighted by atomic mass is 14.9. The summed E-state index contributed by atoms with van der Waals surface area (Å²) in [7, 11) is 0. The van der Waals surface area contributed by atoms with E-state index in [1.807, 2.05) is 18.6 Å². The Morgan fingerprint density at radius 1 is 1.27 bits per heavy atom. The molecule has 0 spiro atoms. The van der Waals surface area contributed by atoms with Gasteiger partial charge >= 0.3 is 0 Å². The highest BCUT2D eigenvalue weighted by Crippen LogP contribution is 2.17. The van der Waals surface area contributed by atoms with Gasteiger partial charge in [-0.1, -0.05) is 0 Å². The zero-order chi connectivity index (χ0) is 7.52. The Morgan fingerprint density at radius 2 is 2.09 bits per heavy atom. The maximum atomic E-state index is 3.95. The van der Waals surface area contributed by atoms with Crippen LogP contribution in [-0.4, -0.2) is 16.5 Å². The molecule has 0 amide bonds. The van der Waals surface area contributed by atoms with Crippen LogP contribution < -0.4 is 5.32 Å². The minimum absolute atomic E-state index is 1.03. The van der Waals surface area contributed by atoms with Crippen LogP contribution in [0.4, 0.5) is 0 Å². The van der Waals surface area contributed by atoms with E-state index in [-0.39, 0.29) is 0 Å². The van der Waals surface area contributed by atoms with Gasteiger partial charge in [0.05, 0.1) is 0 Å². The topological polar surface area (TPSA) is 37.8 Å². The van der Waals surface area contributed by atoms with Crippen molar-refractivity contribution >= 4 is 5.57 Å². The molecule has 1 aromatic rings. The maximum Gasteiger partial charge on any atom is 0.115 e. The van der Waals surface area contributed by atoms with E-state index >= 15 is 0 Å². The molecule has 56 valence electrons. The Labute approximate surface area is 65.2 Å². The predicted octanol–water partition coefficient (Wildman–Crippen LogP) is 0.811. The Hall–Kier alpha value is -1.38. The van der Waals surface area contributed by atoms with E-state index in [1.165, 1.54) is 5.57 Å². The first-order valence-electron chi connectivity index (χ1n) is 3.64. The van der Waals surface area contributed by atoms with E-state index < -0.39 is 0 Å². The molecular weight excluding hydrogens is 138 g/mol. The maximum absolute atomic E-state index is 3.95. The van der Waals surface area contributed by atoms with Gasteiger partial charge in [-0.15, -0.1) is 0 Å². The molecule has 0 saturated carbocycles. The second-order valence-corrected chi connectivity index (χ2v) is 2.50. The van der Waals surface area contributed by atoms with Gasteiger partial charge in [-0.25, -0.2) is 9.97 Å². The summed E-state index contributed by atoms with van der Waals surface area (Å²) in [4.78, 5) is 7.90. The molecule has 1 aromatic heterocycles. The van der Waals surface area contributed by atoms with Gasteiger partial charge in [-0.2, -0.15) is 0 Å². The van der Waals surface area contributed by atoms with Gasteiger partial charge in [0.1, 0.15) is 6.33 Å². The monoisotopic (exact) mass is 147 g/mol. The number of hydrogen-bond donors (Lipinski definition) is 1.